The number of alkyl halides is 2. The smallest absolute Gasteiger partial charge is 0.205 e. The summed E-state index contributed by atoms with van der Waals surface area (Å²) >= 11 is 8.69. The summed E-state index contributed by atoms with van der Waals surface area (Å²) in [6, 6.07) is 2.99. The van der Waals surface area contributed by atoms with Crippen LogP contribution in [0.2, 0.25) is 5.02 Å². The molecule has 0 heterocycles. The van der Waals surface area contributed by atoms with Crippen LogP contribution in [0.25, 0.3) is 0 Å². The highest BCUT2D eigenvalue weighted by Gasteiger charge is 2.14. The van der Waals surface area contributed by atoms with Gasteiger partial charge in [0, 0.05) is 15.1 Å². The van der Waals surface area contributed by atoms with Crippen LogP contribution in [0, 0.1) is 6.92 Å². The molecule has 0 fully saturated rings. The number of benzene rings is 1. The predicted molar refractivity (Wildman–Crippen MR) is 48.8 cm³/mol. The van der Waals surface area contributed by atoms with E-state index in [1.165, 1.54) is 12.1 Å². The van der Waals surface area contributed by atoms with E-state index in [9.17, 15) is 8.78 Å². The Morgan fingerprint density at radius 1 is 1.42 bits per heavy atom. The largest absolute Gasteiger partial charge is 0.265 e. The molecule has 0 atom stereocenters. The Bertz CT molecular complexity index is 276. The lowest BCUT2D eigenvalue weighted by Gasteiger charge is -2.07. The molecule has 0 aromatic heterocycles. The lowest BCUT2D eigenvalue weighted by molar-refractivity contribution is 0.150. The lowest BCUT2D eigenvalue weighted by Crippen LogP contribution is -1.91. The molecule has 66 valence electrons. The summed E-state index contributed by atoms with van der Waals surface area (Å²) in [7, 11) is 0. The minimum Gasteiger partial charge on any atom is -0.205 e. The van der Waals surface area contributed by atoms with Gasteiger partial charge in [-0.1, -0.05) is 27.5 Å². The molecule has 0 saturated heterocycles. The molecule has 0 aliphatic heterocycles. The number of hydrogen-bond donors (Lipinski definition) is 0. The maximum absolute atomic E-state index is 12.3. The fraction of sp³-hybridized carbons (Fsp3) is 0.250. The summed E-state index contributed by atoms with van der Waals surface area (Å²) in [5, 5.41) is 0.462. The van der Waals surface area contributed by atoms with E-state index in [1.54, 1.807) is 6.92 Å². The second-order valence-electron chi connectivity index (χ2n) is 2.42. The molecule has 1 rings (SSSR count). The van der Waals surface area contributed by atoms with Gasteiger partial charge in [0.25, 0.3) is 6.43 Å². The van der Waals surface area contributed by atoms with Crippen molar-refractivity contribution in [2.24, 2.45) is 0 Å². The molecular formula is C8H6BrClF2. The lowest BCUT2D eigenvalue weighted by atomic mass is 10.1. The Balaban J connectivity index is 3.28. The van der Waals surface area contributed by atoms with Crippen molar-refractivity contribution in [3.05, 3.63) is 32.8 Å². The van der Waals surface area contributed by atoms with Crippen LogP contribution in [-0.2, 0) is 0 Å². The fourth-order valence-corrected chi connectivity index (χ4v) is 2.13. The highest BCUT2D eigenvalue weighted by molar-refractivity contribution is 9.10. The average Bonchev–Trinajstić information content (AvgIpc) is 1.82. The molecule has 0 amide bonds. The van der Waals surface area contributed by atoms with Gasteiger partial charge in [-0.2, -0.15) is 0 Å². The maximum atomic E-state index is 12.3. The second-order valence-corrected chi connectivity index (χ2v) is 3.71. The number of rotatable bonds is 1. The van der Waals surface area contributed by atoms with Crippen LogP contribution in [0.4, 0.5) is 8.78 Å². The summed E-state index contributed by atoms with van der Waals surface area (Å²) in [6.45, 7) is 1.61. The molecule has 0 bridgehead atoms. The van der Waals surface area contributed by atoms with Gasteiger partial charge < -0.3 is 0 Å². The highest BCUT2D eigenvalue weighted by Crippen LogP contribution is 2.32. The first-order valence-electron chi connectivity index (χ1n) is 3.26. The molecular weight excluding hydrogens is 249 g/mol. The standard InChI is InChI=1S/C8H6BrClF2/c1-4-2-5(10)3-6(9)7(4)8(11)12/h2-3,8H,1H3. The number of halogens is 4. The topological polar surface area (TPSA) is 0 Å². The molecule has 0 nitrogen and oxygen atoms in total. The third-order valence-corrected chi connectivity index (χ3v) is 2.39. The minimum absolute atomic E-state index is 0.0133. The van der Waals surface area contributed by atoms with E-state index >= 15 is 0 Å². The normalized spacial score (nSPS) is 10.8. The Hall–Kier alpha value is -0.150. The van der Waals surface area contributed by atoms with Gasteiger partial charge in [-0.3, -0.25) is 0 Å². The van der Waals surface area contributed by atoms with Crippen molar-refractivity contribution in [2.45, 2.75) is 13.3 Å². The van der Waals surface area contributed by atoms with Crippen molar-refractivity contribution in [1.29, 1.82) is 0 Å². The summed E-state index contributed by atoms with van der Waals surface area (Å²) in [4.78, 5) is 0. The van der Waals surface area contributed by atoms with E-state index in [0.717, 1.165) is 0 Å². The van der Waals surface area contributed by atoms with Crippen LogP contribution >= 0.6 is 27.5 Å². The zero-order valence-corrected chi connectivity index (χ0v) is 8.59. The van der Waals surface area contributed by atoms with Crippen molar-refractivity contribution < 1.29 is 8.78 Å². The molecule has 4 heteroatoms. The second kappa shape index (κ2) is 3.71. The van der Waals surface area contributed by atoms with Gasteiger partial charge in [0.05, 0.1) is 0 Å². The molecule has 0 aliphatic carbocycles. The summed E-state index contributed by atoms with van der Waals surface area (Å²) in [6.07, 6.45) is -2.46. The average molecular weight is 255 g/mol. The number of aryl methyl sites for hydroxylation is 1. The van der Waals surface area contributed by atoms with Gasteiger partial charge in [-0.25, -0.2) is 8.78 Å². The van der Waals surface area contributed by atoms with E-state index in [-0.39, 0.29) is 5.56 Å². The summed E-state index contributed by atoms with van der Waals surface area (Å²) in [5.74, 6) is 0. The minimum atomic E-state index is -2.46. The Labute approximate surface area is 82.7 Å². The molecule has 0 spiro atoms. The first-order chi connectivity index (χ1) is 5.52. The molecule has 1 aromatic carbocycles. The SMILES string of the molecule is Cc1cc(Cl)cc(Br)c1C(F)F. The van der Waals surface area contributed by atoms with Gasteiger partial charge in [0.15, 0.2) is 0 Å². The van der Waals surface area contributed by atoms with Crippen molar-refractivity contribution in [3.8, 4) is 0 Å². The van der Waals surface area contributed by atoms with E-state index in [0.29, 0.717) is 15.1 Å². The molecule has 12 heavy (non-hydrogen) atoms. The molecule has 0 aliphatic rings. The molecule has 0 radical (unpaired) electrons. The Morgan fingerprint density at radius 2 is 2.00 bits per heavy atom. The summed E-state index contributed by atoms with van der Waals surface area (Å²) in [5.41, 5.74) is 0.517. The van der Waals surface area contributed by atoms with E-state index in [1.807, 2.05) is 0 Å². The van der Waals surface area contributed by atoms with Crippen molar-refractivity contribution in [3.63, 3.8) is 0 Å². The number of hydrogen-bond acceptors (Lipinski definition) is 0. The third-order valence-electron chi connectivity index (χ3n) is 1.52. The van der Waals surface area contributed by atoms with Gasteiger partial charge in [0.2, 0.25) is 0 Å². The van der Waals surface area contributed by atoms with Gasteiger partial charge in [-0.05, 0) is 24.6 Å². The van der Waals surface area contributed by atoms with Gasteiger partial charge in [0.1, 0.15) is 0 Å². The molecule has 1 aromatic rings. The van der Waals surface area contributed by atoms with E-state index in [2.05, 4.69) is 15.9 Å². The maximum Gasteiger partial charge on any atom is 0.265 e. The predicted octanol–water partition coefficient (Wildman–Crippen LogP) is 4.35. The monoisotopic (exact) mass is 254 g/mol. The van der Waals surface area contributed by atoms with Crippen LogP contribution in [0.5, 0.6) is 0 Å². The fourth-order valence-electron chi connectivity index (χ4n) is 0.990. The summed E-state index contributed by atoms with van der Waals surface area (Å²) < 4.78 is 25.1. The molecule has 0 saturated carbocycles. The molecule has 0 unspecified atom stereocenters. The van der Waals surface area contributed by atoms with Crippen LogP contribution in [0.15, 0.2) is 16.6 Å². The molecule has 0 N–H and O–H groups in total. The highest BCUT2D eigenvalue weighted by atomic mass is 79.9. The van der Waals surface area contributed by atoms with Crippen LogP contribution in [0.1, 0.15) is 17.6 Å². The van der Waals surface area contributed by atoms with Crippen molar-refractivity contribution >= 4 is 27.5 Å². The Morgan fingerprint density at radius 3 is 2.42 bits per heavy atom. The zero-order valence-electron chi connectivity index (χ0n) is 6.24. The first kappa shape index (κ1) is 9.93. The first-order valence-corrected chi connectivity index (χ1v) is 4.43. The van der Waals surface area contributed by atoms with Gasteiger partial charge >= 0.3 is 0 Å². The third kappa shape index (κ3) is 1.96. The Kier molecular flexibility index (Phi) is 3.07. The van der Waals surface area contributed by atoms with Gasteiger partial charge in [-0.15, -0.1) is 0 Å². The zero-order chi connectivity index (χ0) is 9.30. The quantitative estimate of drug-likeness (QED) is 0.700. The van der Waals surface area contributed by atoms with Crippen LogP contribution in [0.3, 0.4) is 0 Å². The van der Waals surface area contributed by atoms with Crippen molar-refractivity contribution in [2.75, 3.05) is 0 Å². The van der Waals surface area contributed by atoms with Crippen LogP contribution < -0.4 is 0 Å². The van der Waals surface area contributed by atoms with Crippen LogP contribution in [-0.4, -0.2) is 0 Å². The van der Waals surface area contributed by atoms with E-state index in [4.69, 9.17) is 11.6 Å². The van der Waals surface area contributed by atoms with Crippen molar-refractivity contribution in [1.82, 2.24) is 0 Å². The van der Waals surface area contributed by atoms with E-state index < -0.39 is 6.43 Å².